The summed E-state index contributed by atoms with van der Waals surface area (Å²) < 4.78 is 13.5. The smallest absolute Gasteiger partial charge is 0.175 e. The van der Waals surface area contributed by atoms with Gasteiger partial charge in [0.15, 0.2) is 11.5 Å². The molecule has 5 heteroatoms. The van der Waals surface area contributed by atoms with Crippen molar-refractivity contribution in [2.24, 2.45) is 0 Å². The predicted octanol–water partition coefficient (Wildman–Crippen LogP) is 4.75. The molecule has 0 aromatic heterocycles. The maximum absolute atomic E-state index is 5.65. The Kier molecular flexibility index (Phi) is 4.59. The van der Waals surface area contributed by atoms with E-state index in [0.29, 0.717) is 13.2 Å². The minimum Gasteiger partial charge on any atom is -0.486 e. The van der Waals surface area contributed by atoms with Crippen molar-refractivity contribution in [3.8, 4) is 11.5 Å². The number of aryl methyl sites for hydroxylation is 1. The monoisotopic (exact) mass is 459 g/mol. The molecule has 3 nitrogen and oxygen atoms in total. The summed E-state index contributed by atoms with van der Waals surface area (Å²) in [5.41, 5.74) is 3.56. The summed E-state index contributed by atoms with van der Waals surface area (Å²) in [4.78, 5) is 0. The molecule has 110 valence electrons. The van der Waals surface area contributed by atoms with Crippen molar-refractivity contribution in [2.45, 2.75) is 13.5 Å². The number of nitrogens with one attached hydrogen (secondary N) is 1. The van der Waals surface area contributed by atoms with Gasteiger partial charge >= 0.3 is 0 Å². The third-order valence-corrected chi connectivity index (χ3v) is 4.59. The first-order valence-electron chi connectivity index (χ1n) is 6.71. The molecular formula is C16H15BrINO2. The van der Waals surface area contributed by atoms with E-state index < -0.39 is 0 Å². The number of hydrogen-bond acceptors (Lipinski definition) is 3. The summed E-state index contributed by atoms with van der Waals surface area (Å²) in [5.74, 6) is 1.61. The Bertz CT molecular complexity index is 676. The molecule has 0 radical (unpaired) electrons. The van der Waals surface area contributed by atoms with Gasteiger partial charge in [0.1, 0.15) is 13.2 Å². The average Bonchev–Trinajstić information content (AvgIpc) is 2.46. The molecule has 1 aliphatic rings. The van der Waals surface area contributed by atoms with E-state index >= 15 is 0 Å². The molecule has 0 unspecified atom stereocenters. The summed E-state index contributed by atoms with van der Waals surface area (Å²) in [6.45, 7) is 4.07. The Labute approximate surface area is 146 Å². The maximum atomic E-state index is 5.65. The van der Waals surface area contributed by atoms with Crippen LogP contribution in [0.3, 0.4) is 0 Å². The molecule has 2 aromatic carbocycles. The molecule has 21 heavy (non-hydrogen) atoms. The second-order valence-electron chi connectivity index (χ2n) is 4.91. The van der Waals surface area contributed by atoms with Crippen molar-refractivity contribution >= 4 is 44.2 Å². The summed E-state index contributed by atoms with van der Waals surface area (Å²) in [6.07, 6.45) is 0. The number of hydrogen-bond donors (Lipinski definition) is 1. The number of anilines is 1. The van der Waals surface area contributed by atoms with E-state index in [4.69, 9.17) is 9.47 Å². The molecule has 3 rings (SSSR count). The van der Waals surface area contributed by atoms with E-state index in [1.165, 1.54) is 9.13 Å². The number of rotatable bonds is 3. The number of halogens is 2. The van der Waals surface area contributed by atoms with Crippen LogP contribution in [0.2, 0.25) is 0 Å². The minimum absolute atomic E-state index is 0.602. The van der Waals surface area contributed by atoms with E-state index in [1.54, 1.807) is 0 Å². The standard InChI is InChI=1S/C16H15BrINO2/c1-10-6-12(18)2-3-14(10)19-9-11-7-13(17)16-15(8-11)20-4-5-21-16/h2-3,6-8,19H,4-5,9H2,1H3. The van der Waals surface area contributed by atoms with E-state index in [2.05, 4.69) is 75.0 Å². The van der Waals surface area contributed by atoms with Gasteiger partial charge in [-0.25, -0.2) is 0 Å². The van der Waals surface area contributed by atoms with Crippen molar-refractivity contribution in [2.75, 3.05) is 18.5 Å². The first-order chi connectivity index (χ1) is 10.1. The first-order valence-corrected chi connectivity index (χ1v) is 8.59. The normalized spacial score (nSPS) is 13.1. The Morgan fingerprint density at radius 2 is 2.00 bits per heavy atom. The third kappa shape index (κ3) is 3.45. The molecule has 0 saturated carbocycles. The van der Waals surface area contributed by atoms with Crippen LogP contribution in [0, 0.1) is 10.5 Å². The molecule has 2 aromatic rings. The van der Waals surface area contributed by atoms with Gasteiger partial charge in [-0.15, -0.1) is 0 Å². The van der Waals surface area contributed by atoms with Crippen molar-refractivity contribution in [1.82, 2.24) is 0 Å². The molecule has 1 aliphatic heterocycles. The van der Waals surface area contributed by atoms with Gasteiger partial charge in [0.05, 0.1) is 4.47 Å². The van der Waals surface area contributed by atoms with E-state index in [1.807, 2.05) is 6.07 Å². The fourth-order valence-electron chi connectivity index (χ4n) is 2.29. The fourth-order valence-corrected chi connectivity index (χ4v) is 3.54. The molecule has 1 N–H and O–H groups in total. The van der Waals surface area contributed by atoms with Gasteiger partial charge < -0.3 is 14.8 Å². The second kappa shape index (κ2) is 6.44. The van der Waals surface area contributed by atoms with Crippen molar-refractivity contribution in [3.63, 3.8) is 0 Å². The Hall–Kier alpha value is -0.950. The van der Waals surface area contributed by atoms with Crippen LogP contribution in [-0.4, -0.2) is 13.2 Å². The third-order valence-electron chi connectivity index (χ3n) is 3.33. The highest BCUT2D eigenvalue weighted by molar-refractivity contribution is 14.1. The Morgan fingerprint density at radius 3 is 2.81 bits per heavy atom. The number of ether oxygens (including phenoxy) is 2. The molecule has 0 amide bonds. The second-order valence-corrected chi connectivity index (χ2v) is 7.01. The fraction of sp³-hybridized carbons (Fsp3) is 0.250. The van der Waals surface area contributed by atoms with Crippen molar-refractivity contribution < 1.29 is 9.47 Å². The highest BCUT2D eigenvalue weighted by Crippen LogP contribution is 2.38. The zero-order valence-corrected chi connectivity index (χ0v) is 15.3. The Balaban J connectivity index is 1.77. The highest BCUT2D eigenvalue weighted by Gasteiger charge is 2.16. The summed E-state index contributed by atoms with van der Waals surface area (Å²) in [5, 5.41) is 3.47. The Morgan fingerprint density at radius 1 is 1.19 bits per heavy atom. The zero-order valence-electron chi connectivity index (χ0n) is 11.6. The lowest BCUT2D eigenvalue weighted by molar-refractivity contribution is 0.170. The first kappa shape index (κ1) is 15.0. The van der Waals surface area contributed by atoms with Crippen LogP contribution < -0.4 is 14.8 Å². The lowest BCUT2D eigenvalue weighted by Gasteiger charge is -2.20. The zero-order chi connectivity index (χ0) is 14.8. The topological polar surface area (TPSA) is 30.5 Å². The number of fused-ring (bicyclic) bond motifs is 1. The summed E-state index contributed by atoms with van der Waals surface area (Å²) in [7, 11) is 0. The van der Waals surface area contributed by atoms with Gasteiger partial charge in [0.2, 0.25) is 0 Å². The molecule has 1 heterocycles. The minimum atomic E-state index is 0.602. The van der Waals surface area contributed by atoms with Crippen molar-refractivity contribution in [3.05, 3.63) is 49.5 Å². The van der Waals surface area contributed by atoms with Gasteiger partial charge in [0.25, 0.3) is 0 Å². The van der Waals surface area contributed by atoms with Gasteiger partial charge in [0, 0.05) is 15.8 Å². The molecule has 0 aliphatic carbocycles. The van der Waals surface area contributed by atoms with Crippen LogP contribution in [0.15, 0.2) is 34.8 Å². The molecule has 0 bridgehead atoms. The van der Waals surface area contributed by atoms with Crippen LogP contribution >= 0.6 is 38.5 Å². The van der Waals surface area contributed by atoms with Gasteiger partial charge in [-0.1, -0.05) is 0 Å². The summed E-state index contributed by atoms with van der Waals surface area (Å²) in [6, 6.07) is 10.5. The van der Waals surface area contributed by atoms with Crippen molar-refractivity contribution in [1.29, 1.82) is 0 Å². The lowest BCUT2D eigenvalue weighted by atomic mass is 10.1. The molecule has 0 spiro atoms. The predicted molar refractivity (Wildman–Crippen MR) is 96.4 cm³/mol. The maximum Gasteiger partial charge on any atom is 0.175 e. The van der Waals surface area contributed by atoms with Crippen LogP contribution in [0.4, 0.5) is 5.69 Å². The average molecular weight is 460 g/mol. The van der Waals surface area contributed by atoms with Crippen LogP contribution in [0.1, 0.15) is 11.1 Å². The molecule has 0 saturated heterocycles. The molecule has 0 atom stereocenters. The van der Waals surface area contributed by atoms with Crippen LogP contribution in [0.5, 0.6) is 11.5 Å². The van der Waals surface area contributed by atoms with Crippen LogP contribution in [0.25, 0.3) is 0 Å². The van der Waals surface area contributed by atoms with E-state index in [9.17, 15) is 0 Å². The van der Waals surface area contributed by atoms with E-state index in [-0.39, 0.29) is 0 Å². The summed E-state index contributed by atoms with van der Waals surface area (Å²) >= 11 is 5.87. The lowest BCUT2D eigenvalue weighted by Crippen LogP contribution is -2.16. The van der Waals surface area contributed by atoms with E-state index in [0.717, 1.165) is 33.8 Å². The quantitative estimate of drug-likeness (QED) is 0.672. The molecular weight excluding hydrogens is 445 g/mol. The van der Waals surface area contributed by atoms with Gasteiger partial charge in [-0.3, -0.25) is 0 Å². The van der Waals surface area contributed by atoms with Crippen LogP contribution in [-0.2, 0) is 6.54 Å². The highest BCUT2D eigenvalue weighted by atomic mass is 127. The SMILES string of the molecule is Cc1cc(I)ccc1NCc1cc(Br)c2c(c1)OCCO2. The largest absolute Gasteiger partial charge is 0.486 e. The number of benzene rings is 2. The van der Waals surface area contributed by atoms with Gasteiger partial charge in [-0.05, 0) is 86.9 Å². The molecule has 0 fully saturated rings. The van der Waals surface area contributed by atoms with Gasteiger partial charge in [-0.2, -0.15) is 0 Å².